The molecule has 2 rings (SSSR count). The molecule has 20 heavy (non-hydrogen) atoms. The van der Waals surface area contributed by atoms with E-state index in [2.05, 4.69) is 4.72 Å². The Hall–Kier alpha value is -1.17. The second-order valence-electron chi connectivity index (χ2n) is 5.50. The summed E-state index contributed by atoms with van der Waals surface area (Å²) >= 11 is 0. The summed E-state index contributed by atoms with van der Waals surface area (Å²) in [5.74, 6) is 0. The number of sulfonamides is 1. The van der Waals surface area contributed by atoms with E-state index in [1.807, 2.05) is 30.3 Å². The number of nitrogens with two attached hydrogens (primary N) is 1. The molecule has 5 heteroatoms. The molecule has 0 amide bonds. The first-order chi connectivity index (χ1) is 9.49. The number of benzene rings is 1. The highest BCUT2D eigenvalue weighted by molar-refractivity contribution is 7.92. The van der Waals surface area contributed by atoms with Gasteiger partial charge in [-0.1, -0.05) is 49.6 Å². The Labute approximate surface area is 121 Å². The first-order valence-corrected chi connectivity index (χ1v) is 8.56. The molecule has 0 heterocycles. The largest absolute Gasteiger partial charge is 0.324 e. The molecular weight excluding hydrogens is 272 g/mol. The van der Waals surface area contributed by atoms with Crippen LogP contribution in [0.3, 0.4) is 0 Å². The van der Waals surface area contributed by atoms with E-state index in [4.69, 9.17) is 5.73 Å². The predicted molar refractivity (Wildman–Crippen MR) is 82.4 cm³/mol. The average Bonchev–Trinajstić information content (AvgIpc) is 2.46. The Bertz CT molecular complexity index is 546. The third-order valence-electron chi connectivity index (χ3n) is 3.71. The van der Waals surface area contributed by atoms with Gasteiger partial charge in [0.05, 0.1) is 0 Å². The fourth-order valence-corrected chi connectivity index (χ4v) is 3.38. The van der Waals surface area contributed by atoms with Crippen LogP contribution in [0.1, 0.15) is 37.7 Å². The highest BCUT2D eigenvalue weighted by atomic mass is 32.2. The van der Waals surface area contributed by atoms with Crippen LogP contribution in [0.4, 0.5) is 0 Å². The van der Waals surface area contributed by atoms with Gasteiger partial charge in [0, 0.05) is 17.5 Å². The Morgan fingerprint density at radius 1 is 1.15 bits per heavy atom. The second-order valence-corrected chi connectivity index (χ2v) is 7.15. The van der Waals surface area contributed by atoms with Crippen molar-refractivity contribution in [3.05, 3.63) is 41.3 Å². The summed E-state index contributed by atoms with van der Waals surface area (Å²) in [4.78, 5) is 0. The topological polar surface area (TPSA) is 72.2 Å². The smallest absolute Gasteiger partial charge is 0.233 e. The van der Waals surface area contributed by atoms with E-state index in [1.165, 1.54) is 11.8 Å². The molecule has 0 unspecified atom stereocenters. The third kappa shape index (κ3) is 4.74. The van der Waals surface area contributed by atoms with E-state index in [0.29, 0.717) is 6.54 Å². The number of rotatable bonds is 5. The maximum Gasteiger partial charge on any atom is 0.233 e. The average molecular weight is 294 g/mol. The van der Waals surface area contributed by atoms with Gasteiger partial charge in [-0.2, -0.15) is 0 Å². The van der Waals surface area contributed by atoms with Crippen molar-refractivity contribution in [1.82, 2.24) is 4.72 Å². The van der Waals surface area contributed by atoms with Gasteiger partial charge < -0.3 is 5.73 Å². The van der Waals surface area contributed by atoms with E-state index in [0.717, 1.165) is 31.2 Å². The molecule has 1 aliphatic rings. The summed E-state index contributed by atoms with van der Waals surface area (Å²) in [6.07, 6.45) is 6.72. The SMILES string of the molecule is NC1(CNS(=O)(=O)/C=C/c2ccccc2)CCCCC1. The van der Waals surface area contributed by atoms with Crippen molar-refractivity contribution in [2.45, 2.75) is 37.6 Å². The standard InChI is InChI=1S/C15H22N2O2S/c16-15(10-5-2-6-11-15)13-17-20(18,19)12-9-14-7-3-1-4-8-14/h1,3-4,7-9,12,17H,2,5-6,10-11,13,16H2/b12-9+. The molecule has 0 spiro atoms. The molecule has 0 atom stereocenters. The minimum atomic E-state index is -3.43. The molecule has 0 aliphatic heterocycles. The maximum absolute atomic E-state index is 11.9. The monoisotopic (exact) mass is 294 g/mol. The zero-order valence-electron chi connectivity index (χ0n) is 11.6. The highest BCUT2D eigenvalue weighted by Gasteiger charge is 2.28. The highest BCUT2D eigenvalue weighted by Crippen LogP contribution is 2.25. The summed E-state index contributed by atoms with van der Waals surface area (Å²) in [5, 5.41) is 1.20. The van der Waals surface area contributed by atoms with Crippen LogP contribution in [0.5, 0.6) is 0 Å². The Morgan fingerprint density at radius 3 is 2.45 bits per heavy atom. The van der Waals surface area contributed by atoms with Crippen LogP contribution in [-0.2, 0) is 10.0 Å². The van der Waals surface area contributed by atoms with E-state index in [-0.39, 0.29) is 5.54 Å². The summed E-state index contributed by atoms with van der Waals surface area (Å²) in [7, 11) is -3.43. The third-order valence-corrected chi connectivity index (χ3v) is 4.76. The van der Waals surface area contributed by atoms with Crippen LogP contribution >= 0.6 is 0 Å². The normalized spacial score (nSPS) is 19.2. The molecule has 0 bridgehead atoms. The molecule has 1 fully saturated rings. The maximum atomic E-state index is 11.9. The van der Waals surface area contributed by atoms with Gasteiger partial charge in [-0.05, 0) is 24.5 Å². The van der Waals surface area contributed by atoms with Gasteiger partial charge >= 0.3 is 0 Å². The fourth-order valence-electron chi connectivity index (χ4n) is 2.46. The summed E-state index contributed by atoms with van der Waals surface area (Å²) < 4.78 is 26.5. The van der Waals surface area contributed by atoms with Crippen molar-refractivity contribution in [3.8, 4) is 0 Å². The predicted octanol–water partition coefficient (Wildman–Crippen LogP) is 2.24. The van der Waals surface area contributed by atoms with Crippen molar-refractivity contribution < 1.29 is 8.42 Å². The van der Waals surface area contributed by atoms with Crippen LogP contribution in [0.25, 0.3) is 6.08 Å². The van der Waals surface area contributed by atoms with Gasteiger partial charge in [0.1, 0.15) is 0 Å². The van der Waals surface area contributed by atoms with Crippen molar-refractivity contribution in [3.63, 3.8) is 0 Å². The fraction of sp³-hybridized carbons (Fsp3) is 0.467. The van der Waals surface area contributed by atoms with E-state index in [9.17, 15) is 8.42 Å². The zero-order chi connectivity index (χ0) is 14.5. The Morgan fingerprint density at radius 2 is 1.80 bits per heavy atom. The molecule has 4 nitrogen and oxygen atoms in total. The molecule has 110 valence electrons. The van der Waals surface area contributed by atoms with Gasteiger partial charge in [-0.25, -0.2) is 13.1 Å². The molecule has 1 aromatic rings. The van der Waals surface area contributed by atoms with Gasteiger partial charge in [0.15, 0.2) is 0 Å². The van der Waals surface area contributed by atoms with Crippen LogP contribution in [0.2, 0.25) is 0 Å². The van der Waals surface area contributed by atoms with Gasteiger partial charge in [-0.3, -0.25) is 0 Å². The second kappa shape index (κ2) is 6.52. The van der Waals surface area contributed by atoms with Crippen molar-refractivity contribution in [1.29, 1.82) is 0 Å². The first kappa shape index (κ1) is 15.2. The molecular formula is C15H22N2O2S. The minimum absolute atomic E-state index is 0.314. The molecule has 1 aromatic carbocycles. The van der Waals surface area contributed by atoms with Crippen LogP contribution in [0, 0.1) is 0 Å². The first-order valence-electron chi connectivity index (χ1n) is 7.01. The van der Waals surface area contributed by atoms with E-state index >= 15 is 0 Å². The lowest BCUT2D eigenvalue weighted by molar-refractivity contribution is 0.296. The molecule has 1 aliphatic carbocycles. The zero-order valence-corrected chi connectivity index (χ0v) is 12.4. The van der Waals surface area contributed by atoms with Gasteiger partial charge in [0.2, 0.25) is 10.0 Å². The van der Waals surface area contributed by atoms with E-state index < -0.39 is 10.0 Å². The van der Waals surface area contributed by atoms with Crippen LogP contribution in [-0.4, -0.2) is 20.5 Å². The Kier molecular flexibility index (Phi) is 4.96. The molecule has 0 aromatic heterocycles. The van der Waals surface area contributed by atoms with Crippen LogP contribution < -0.4 is 10.5 Å². The molecule has 0 radical (unpaired) electrons. The molecule has 0 saturated heterocycles. The van der Waals surface area contributed by atoms with Gasteiger partial charge in [-0.15, -0.1) is 0 Å². The Balaban J connectivity index is 1.92. The number of hydrogen-bond donors (Lipinski definition) is 2. The lowest BCUT2D eigenvalue weighted by Gasteiger charge is -2.33. The van der Waals surface area contributed by atoms with E-state index in [1.54, 1.807) is 6.08 Å². The van der Waals surface area contributed by atoms with Crippen molar-refractivity contribution >= 4 is 16.1 Å². The molecule has 1 saturated carbocycles. The number of hydrogen-bond acceptors (Lipinski definition) is 3. The van der Waals surface area contributed by atoms with Crippen molar-refractivity contribution in [2.75, 3.05) is 6.54 Å². The summed E-state index contributed by atoms with van der Waals surface area (Å²) in [5.41, 5.74) is 6.70. The van der Waals surface area contributed by atoms with Crippen LogP contribution in [0.15, 0.2) is 35.7 Å². The molecule has 3 N–H and O–H groups in total. The lowest BCUT2D eigenvalue weighted by Crippen LogP contribution is -2.50. The van der Waals surface area contributed by atoms with Gasteiger partial charge in [0.25, 0.3) is 0 Å². The quantitative estimate of drug-likeness (QED) is 0.874. The van der Waals surface area contributed by atoms with Crippen molar-refractivity contribution in [2.24, 2.45) is 5.73 Å². The minimum Gasteiger partial charge on any atom is -0.324 e. The number of nitrogens with one attached hydrogen (secondary N) is 1. The summed E-state index contributed by atoms with van der Waals surface area (Å²) in [6.45, 7) is 0.314. The lowest BCUT2D eigenvalue weighted by atomic mass is 9.83. The summed E-state index contributed by atoms with van der Waals surface area (Å²) in [6, 6.07) is 9.35.